The second-order valence-electron chi connectivity index (χ2n) is 8.21. The van der Waals surface area contributed by atoms with Crippen LogP contribution in [0.5, 0.6) is 0 Å². The number of hydrogen-bond acceptors (Lipinski definition) is 4. The Balaban J connectivity index is 1.31. The highest BCUT2D eigenvalue weighted by Crippen LogP contribution is 2.20. The number of benzene rings is 2. The number of nitrogens with zero attached hydrogens (tertiary/aromatic N) is 3. The number of amides is 2. The minimum Gasteiger partial charge on any atom is -0.352 e. The van der Waals surface area contributed by atoms with Crippen LogP contribution < -0.4 is 10.6 Å². The summed E-state index contributed by atoms with van der Waals surface area (Å²) in [7, 11) is 0. The minimum absolute atomic E-state index is 0.0928. The molecule has 2 aromatic carbocycles. The first-order valence-electron chi connectivity index (χ1n) is 11.3. The molecular weight excluding hydrogens is 438 g/mol. The summed E-state index contributed by atoms with van der Waals surface area (Å²) in [6.07, 6.45) is 7.11. The largest absolute Gasteiger partial charge is 0.352 e. The number of carbonyl (C=O) groups is 2. The van der Waals surface area contributed by atoms with Gasteiger partial charge in [0.15, 0.2) is 0 Å². The van der Waals surface area contributed by atoms with Gasteiger partial charge in [-0.15, -0.1) is 0 Å². The topological polar surface area (TPSA) is 79.3 Å². The smallest absolute Gasteiger partial charge is 0.251 e. The van der Waals surface area contributed by atoms with Gasteiger partial charge in [-0.3, -0.25) is 9.59 Å². The fraction of sp³-hybridized carbons (Fsp3) is 0.320. The van der Waals surface area contributed by atoms with Crippen molar-refractivity contribution in [3.8, 4) is 5.69 Å². The molecule has 0 unspecified atom stereocenters. The van der Waals surface area contributed by atoms with Gasteiger partial charge >= 0.3 is 0 Å². The molecular formula is C25H28ClN5O2. The fourth-order valence-corrected chi connectivity index (χ4v) is 4.12. The Hall–Kier alpha value is -3.16. The van der Waals surface area contributed by atoms with E-state index in [1.807, 2.05) is 24.3 Å². The van der Waals surface area contributed by atoms with E-state index in [1.165, 1.54) is 25.9 Å². The molecule has 1 fully saturated rings. The van der Waals surface area contributed by atoms with Gasteiger partial charge in [-0.2, -0.15) is 5.10 Å². The first-order valence-corrected chi connectivity index (χ1v) is 11.7. The number of nitrogens with one attached hydrogen (secondary N) is 2. The number of hydrogen-bond donors (Lipinski definition) is 2. The van der Waals surface area contributed by atoms with Crippen molar-refractivity contribution in [3.05, 3.63) is 77.1 Å². The van der Waals surface area contributed by atoms with E-state index in [-0.39, 0.29) is 18.2 Å². The van der Waals surface area contributed by atoms with Crippen molar-refractivity contribution in [2.75, 3.05) is 31.5 Å². The molecule has 0 bridgehead atoms. The van der Waals surface area contributed by atoms with E-state index in [4.69, 9.17) is 11.6 Å². The van der Waals surface area contributed by atoms with Gasteiger partial charge in [-0.05, 0) is 74.8 Å². The van der Waals surface area contributed by atoms with Crippen molar-refractivity contribution in [2.45, 2.75) is 25.7 Å². The van der Waals surface area contributed by atoms with E-state index in [2.05, 4.69) is 20.6 Å². The van der Waals surface area contributed by atoms with E-state index in [0.717, 1.165) is 24.2 Å². The molecule has 1 aliphatic rings. The number of anilines is 1. The molecule has 172 valence electrons. The van der Waals surface area contributed by atoms with Crippen LogP contribution in [0.4, 0.5) is 5.69 Å². The van der Waals surface area contributed by atoms with Crippen LogP contribution in [0.1, 0.15) is 35.2 Å². The molecule has 1 aliphatic heterocycles. The van der Waals surface area contributed by atoms with Gasteiger partial charge in [0.1, 0.15) is 0 Å². The molecule has 8 heteroatoms. The number of carbonyl (C=O) groups excluding carboxylic acids is 2. The Morgan fingerprint density at radius 1 is 1.06 bits per heavy atom. The highest BCUT2D eigenvalue weighted by atomic mass is 35.5. The molecule has 3 aromatic rings. The summed E-state index contributed by atoms with van der Waals surface area (Å²) in [6, 6.07) is 14.4. The fourth-order valence-electron chi connectivity index (χ4n) is 3.94. The summed E-state index contributed by atoms with van der Waals surface area (Å²) < 4.78 is 1.67. The van der Waals surface area contributed by atoms with Crippen LogP contribution in [0, 0.1) is 0 Å². The highest BCUT2D eigenvalue weighted by Gasteiger charge is 2.12. The molecule has 0 atom stereocenters. The third-order valence-electron chi connectivity index (χ3n) is 5.66. The molecule has 4 rings (SSSR count). The zero-order valence-corrected chi connectivity index (χ0v) is 19.2. The summed E-state index contributed by atoms with van der Waals surface area (Å²) in [5.41, 5.74) is 2.69. The lowest BCUT2D eigenvalue weighted by Crippen LogP contribution is -2.28. The van der Waals surface area contributed by atoms with Gasteiger partial charge in [-0.1, -0.05) is 29.8 Å². The summed E-state index contributed by atoms with van der Waals surface area (Å²) in [6.45, 7) is 4.03. The molecule has 0 saturated carbocycles. The van der Waals surface area contributed by atoms with Crippen LogP contribution in [0.15, 0.2) is 60.9 Å². The van der Waals surface area contributed by atoms with E-state index in [0.29, 0.717) is 22.8 Å². The number of aromatic nitrogens is 2. The molecule has 0 aliphatic carbocycles. The van der Waals surface area contributed by atoms with Gasteiger partial charge in [0.25, 0.3) is 5.91 Å². The van der Waals surface area contributed by atoms with E-state index < -0.39 is 0 Å². The quantitative estimate of drug-likeness (QED) is 0.469. The second-order valence-corrected chi connectivity index (χ2v) is 8.61. The summed E-state index contributed by atoms with van der Waals surface area (Å²) in [4.78, 5) is 27.4. The van der Waals surface area contributed by atoms with E-state index in [9.17, 15) is 9.59 Å². The van der Waals surface area contributed by atoms with Crippen molar-refractivity contribution in [1.82, 2.24) is 20.0 Å². The SMILES string of the molecule is O=C(Cc1cnn(-c2cccc(C(=O)NCCCN3CCCC3)c2)c1)Nc1ccccc1Cl. The Morgan fingerprint density at radius 3 is 2.70 bits per heavy atom. The van der Waals surface area contributed by atoms with E-state index in [1.54, 1.807) is 41.3 Å². The molecule has 33 heavy (non-hydrogen) atoms. The number of likely N-dealkylation sites (tertiary alicyclic amines) is 1. The van der Waals surface area contributed by atoms with E-state index >= 15 is 0 Å². The predicted molar refractivity (Wildman–Crippen MR) is 130 cm³/mol. The third kappa shape index (κ3) is 6.43. The van der Waals surface area contributed by atoms with Crippen LogP contribution in [-0.2, 0) is 11.2 Å². The predicted octanol–water partition coefficient (Wildman–Crippen LogP) is 3.92. The standard InChI is InChI=1S/C25H28ClN5O2/c26-22-9-1-2-10-23(22)29-24(32)15-19-17-28-31(18-19)21-8-5-7-20(16-21)25(33)27-11-6-14-30-12-3-4-13-30/h1-2,5,7-10,16-18H,3-4,6,11-15H2,(H,27,33)(H,29,32). The maximum Gasteiger partial charge on any atom is 0.251 e. The van der Waals surface area contributed by atoms with Crippen molar-refractivity contribution >= 4 is 29.1 Å². The molecule has 1 saturated heterocycles. The average Bonchev–Trinajstić information content (AvgIpc) is 3.50. The first kappa shape index (κ1) is 23.0. The number of para-hydroxylation sites is 1. The maximum absolute atomic E-state index is 12.6. The Bertz CT molecular complexity index is 1110. The average molecular weight is 466 g/mol. The molecule has 0 spiro atoms. The molecule has 1 aromatic heterocycles. The normalized spacial score (nSPS) is 13.7. The van der Waals surface area contributed by atoms with Crippen molar-refractivity contribution in [3.63, 3.8) is 0 Å². The number of rotatable bonds is 9. The molecule has 2 heterocycles. The lowest BCUT2D eigenvalue weighted by Gasteiger charge is -2.14. The summed E-state index contributed by atoms with van der Waals surface area (Å²) >= 11 is 6.10. The maximum atomic E-state index is 12.6. The summed E-state index contributed by atoms with van der Waals surface area (Å²) in [5.74, 6) is -0.269. The summed E-state index contributed by atoms with van der Waals surface area (Å²) in [5, 5.41) is 10.7. The zero-order chi connectivity index (χ0) is 23.0. The Kier molecular flexibility index (Phi) is 7.75. The van der Waals surface area contributed by atoms with Gasteiger partial charge < -0.3 is 15.5 Å². The first-order chi connectivity index (χ1) is 16.1. The van der Waals surface area contributed by atoms with Crippen molar-refractivity contribution in [2.24, 2.45) is 0 Å². The third-order valence-corrected chi connectivity index (χ3v) is 5.99. The molecule has 0 radical (unpaired) electrons. The Labute approximate surface area is 198 Å². The van der Waals surface area contributed by atoms with Crippen molar-refractivity contribution in [1.29, 1.82) is 0 Å². The van der Waals surface area contributed by atoms with Gasteiger partial charge in [0.2, 0.25) is 5.91 Å². The van der Waals surface area contributed by atoms with Gasteiger partial charge in [0.05, 0.1) is 29.0 Å². The lowest BCUT2D eigenvalue weighted by atomic mass is 10.2. The van der Waals surface area contributed by atoms with Crippen LogP contribution in [0.2, 0.25) is 5.02 Å². The lowest BCUT2D eigenvalue weighted by molar-refractivity contribution is -0.115. The van der Waals surface area contributed by atoms with Crippen molar-refractivity contribution < 1.29 is 9.59 Å². The highest BCUT2D eigenvalue weighted by molar-refractivity contribution is 6.33. The molecule has 2 amide bonds. The molecule has 7 nitrogen and oxygen atoms in total. The van der Waals surface area contributed by atoms with Crippen LogP contribution in [0.25, 0.3) is 5.69 Å². The minimum atomic E-state index is -0.176. The molecule has 2 N–H and O–H groups in total. The Morgan fingerprint density at radius 2 is 1.88 bits per heavy atom. The monoisotopic (exact) mass is 465 g/mol. The van der Waals surface area contributed by atoms with Gasteiger partial charge in [0, 0.05) is 18.3 Å². The van der Waals surface area contributed by atoms with Gasteiger partial charge in [-0.25, -0.2) is 4.68 Å². The zero-order valence-electron chi connectivity index (χ0n) is 18.5. The van der Waals surface area contributed by atoms with Crippen LogP contribution in [0.3, 0.4) is 0 Å². The number of halogens is 1. The van der Waals surface area contributed by atoms with Crippen LogP contribution in [-0.4, -0.2) is 52.7 Å². The second kappa shape index (κ2) is 11.1. The van der Waals surface area contributed by atoms with Crippen LogP contribution >= 0.6 is 11.6 Å².